The smallest absolute Gasteiger partial charge is 0.394 e. The number of hydrogen-bond acceptors (Lipinski definition) is 8. The molecule has 0 saturated carbocycles. The number of aromatic hydroxyl groups is 1. The number of benzene rings is 2. The van der Waals surface area contributed by atoms with Crippen molar-refractivity contribution >= 4 is 16.8 Å². The predicted molar refractivity (Wildman–Crippen MR) is 120 cm³/mol. The van der Waals surface area contributed by atoms with Crippen LogP contribution in [0.1, 0.15) is 18.1 Å². The van der Waals surface area contributed by atoms with Gasteiger partial charge in [0.05, 0.1) is 17.7 Å². The lowest BCUT2D eigenvalue weighted by molar-refractivity contribution is -0.234. The van der Waals surface area contributed by atoms with Crippen LogP contribution in [-0.4, -0.2) is 74.3 Å². The predicted octanol–water partition coefficient (Wildman–Crippen LogP) is 1.97. The van der Waals surface area contributed by atoms with Gasteiger partial charge in [0.25, 0.3) is 0 Å². The van der Waals surface area contributed by atoms with Crippen LogP contribution < -0.4 is 4.74 Å². The number of hydrogen-bond donors (Lipinski definition) is 4. The van der Waals surface area contributed by atoms with E-state index in [2.05, 4.69) is 9.73 Å². The number of fused-ring (bicyclic) bond motifs is 2. The van der Waals surface area contributed by atoms with Crippen molar-refractivity contribution in [1.82, 2.24) is 4.57 Å². The molecule has 2 aliphatic rings. The second-order valence-electron chi connectivity index (χ2n) is 8.68. The monoisotopic (exact) mass is 490 g/mol. The topological polar surface area (TPSA) is 126 Å². The average molecular weight is 490 g/mol. The average Bonchev–Trinajstić information content (AvgIpc) is 3.38. The van der Waals surface area contributed by atoms with Gasteiger partial charge in [0.15, 0.2) is 0 Å². The molecule has 2 aliphatic heterocycles. The van der Waals surface area contributed by atoms with Crippen LogP contribution in [0, 0.1) is 0 Å². The Hall–Kier alpha value is -3.25. The Morgan fingerprint density at radius 1 is 1.11 bits per heavy atom. The molecule has 1 aromatic heterocycles. The fourth-order valence-corrected chi connectivity index (χ4v) is 4.36. The van der Waals surface area contributed by atoms with Crippen molar-refractivity contribution in [1.29, 1.82) is 0 Å². The van der Waals surface area contributed by atoms with E-state index in [0.29, 0.717) is 29.9 Å². The SMILES string of the molecule is CC(F)(F)Oc1ccc(Cn2cc(C3=N[C@@H]4C(O)[C@H](O)[C@@H](CO)O[C@@H]4O3)c3ccc(O)cc32)cc1. The summed E-state index contributed by atoms with van der Waals surface area (Å²) in [5, 5.41) is 40.8. The first-order valence-electron chi connectivity index (χ1n) is 11.0. The van der Waals surface area contributed by atoms with Crippen molar-refractivity contribution in [3.63, 3.8) is 0 Å². The largest absolute Gasteiger partial charge is 0.508 e. The number of alkyl halides is 2. The Labute approximate surface area is 198 Å². The van der Waals surface area contributed by atoms with E-state index in [0.717, 1.165) is 5.56 Å². The Morgan fingerprint density at radius 3 is 2.54 bits per heavy atom. The molecule has 1 fully saturated rings. The minimum absolute atomic E-state index is 0.0372. The summed E-state index contributed by atoms with van der Waals surface area (Å²) in [5.74, 6) is 0.274. The van der Waals surface area contributed by atoms with Crippen LogP contribution in [0.4, 0.5) is 8.78 Å². The zero-order valence-corrected chi connectivity index (χ0v) is 18.6. The lowest BCUT2D eigenvalue weighted by Gasteiger charge is -2.36. The van der Waals surface area contributed by atoms with Crippen LogP contribution in [0.25, 0.3) is 10.9 Å². The molecule has 3 heterocycles. The summed E-state index contributed by atoms with van der Waals surface area (Å²) in [6.07, 6.45) is -6.09. The van der Waals surface area contributed by atoms with Crippen LogP contribution >= 0.6 is 0 Å². The van der Waals surface area contributed by atoms with Crippen molar-refractivity contribution in [2.75, 3.05) is 6.61 Å². The fraction of sp³-hybridized carbons (Fsp3) is 0.375. The molecule has 35 heavy (non-hydrogen) atoms. The Bertz CT molecular complexity index is 1260. The second-order valence-corrected chi connectivity index (χ2v) is 8.68. The summed E-state index contributed by atoms with van der Waals surface area (Å²) in [5.41, 5.74) is 2.03. The van der Waals surface area contributed by atoms with Gasteiger partial charge in [-0.25, -0.2) is 4.99 Å². The summed E-state index contributed by atoms with van der Waals surface area (Å²) >= 11 is 0. The number of aliphatic hydroxyl groups excluding tert-OH is 3. The maximum atomic E-state index is 13.1. The van der Waals surface area contributed by atoms with Crippen molar-refractivity contribution in [3.05, 3.63) is 59.8 Å². The van der Waals surface area contributed by atoms with Gasteiger partial charge in [-0.1, -0.05) is 12.1 Å². The molecule has 3 aromatic rings. The third-order valence-electron chi connectivity index (χ3n) is 6.01. The highest BCUT2D eigenvalue weighted by Gasteiger charge is 2.49. The summed E-state index contributed by atoms with van der Waals surface area (Å²) < 4.78 is 44.0. The molecule has 2 aromatic carbocycles. The molecule has 0 aliphatic carbocycles. The van der Waals surface area contributed by atoms with Crippen LogP contribution in [-0.2, 0) is 16.0 Å². The summed E-state index contributed by atoms with van der Waals surface area (Å²) in [4.78, 5) is 4.43. The standard InChI is InChI=1S/C24H24F2N2O7/c1-24(25,26)35-14-5-2-12(3-6-14)9-28-10-16(15-7-4-13(30)8-17(15)28)22-27-19-21(32)20(31)18(11-29)33-23(19)34-22/h2-8,10,18-21,23,29-32H,9,11H2,1H3/t18-,19-,20-,21?,23-/m1/s1. The third kappa shape index (κ3) is 4.55. The van der Waals surface area contributed by atoms with E-state index in [-0.39, 0.29) is 17.4 Å². The lowest BCUT2D eigenvalue weighted by Crippen LogP contribution is -2.56. The van der Waals surface area contributed by atoms with Gasteiger partial charge in [-0.2, -0.15) is 8.78 Å². The molecule has 0 spiro atoms. The number of aromatic nitrogens is 1. The van der Waals surface area contributed by atoms with Crippen molar-refractivity contribution in [2.24, 2.45) is 4.99 Å². The van der Waals surface area contributed by atoms with Crippen LogP contribution in [0.5, 0.6) is 11.5 Å². The van der Waals surface area contributed by atoms with E-state index in [9.17, 15) is 29.2 Å². The molecule has 11 heteroatoms. The van der Waals surface area contributed by atoms with Crippen LogP contribution in [0.2, 0.25) is 0 Å². The normalized spacial score (nSPS) is 26.3. The molecule has 0 radical (unpaired) electrons. The van der Waals surface area contributed by atoms with Gasteiger partial charge in [0.2, 0.25) is 12.2 Å². The Morgan fingerprint density at radius 2 is 1.86 bits per heavy atom. The quantitative estimate of drug-likeness (QED) is 0.416. The summed E-state index contributed by atoms with van der Waals surface area (Å²) in [7, 11) is 0. The number of nitrogens with zero attached hydrogens (tertiary/aromatic N) is 2. The third-order valence-corrected chi connectivity index (χ3v) is 6.01. The minimum atomic E-state index is -3.28. The molecular formula is C24H24F2N2O7. The molecule has 4 N–H and O–H groups in total. The molecular weight excluding hydrogens is 466 g/mol. The molecule has 5 rings (SSSR count). The summed E-state index contributed by atoms with van der Waals surface area (Å²) in [6, 6.07) is 10.2. The van der Waals surface area contributed by atoms with Crippen molar-refractivity contribution < 1.29 is 43.4 Å². The van der Waals surface area contributed by atoms with Gasteiger partial charge < -0.3 is 39.2 Å². The first-order valence-corrected chi connectivity index (χ1v) is 11.0. The van der Waals surface area contributed by atoms with E-state index in [1.165, 1.54) is 18.2 Å². The van der Waals surface area contributed by atoms with E-state index in [4.69, 9.17) is 9.47 Å². The Kier molecular flexibility index (Phi) is 5.88. The molecule has 5 atom stereocenters. The van der Waals surface area contributed by atoms with Crippen LogP contribution in [0.15, 0.2) is 53.7 Å². The van der Waals surface area contributed by atoms with Gasteiger partial charge in [-0.05, 0) is 29.8 Å². The number of ether oxygens (including phenoxy) is 3. The number of rotatable bonds is 6. The van der Waals surface area contributed by atoms with Gasteiger partial charge in [0, 0.05) is 31.1 Å². The number of aliphatic imine (C=N–C) groups is 1. The minimum Gasteiger partial charge on any atom is -0.508 e. The first kappa shape index (κ1) is 23.5. The van der Waals surface area contributed by atoms with Crippen LogP contribution in [0.3, 0.4) is 0 Å². The zero-order valence-electron chi connectivity index (χ0n) is 18.6. The zero-order chi connectivity index (χ0) is 24.9. The number of halogens is 2. The van der Waals surface area contributed by atoms with Crippen molar-refractivity contribution in [3.8, 4) is 11.5 Å². The molecule has 1 saturated heterocycles. The molecule has 186 valence electrons. The molecule has 9 nitrogen and oxygen atoms in total. The fourth-order valence-electron chi connectivity index (χ4n) is 4.36. The molecule has 0 bridgehead atoms. The Balaban J connectivity index is 1.46. The number of aliphatic hydroxyl groups is 3. The van der Waals surface area contributed by atoms with E-state index >= 15 is 0 Å². The number of phenolic OH excluding ortho intramolecular Hbond substituents is 1. The van der Waals surface area contributed by atoms with Crippen molar-refractivity contribution in [2.45, 2.75) is 50.2 Å². The van der Waals surface area contributed by atoms with E-state index in [1.807, 2.05) is 4.57 Å². The first-order chi connectivity index (χ1) is 16.6. The van der Waals surface area contributed by atoms with Gasteiger partial charge in [-0.3, -0.25) is 0 Å². The van der Waals surface area contributed by atoms with E-state index in [1.54, 1.807) is 30.5 Å². The van der Waals surface area contributed by atoms with Gasteiger partial charge in [0.1, 0.15) is 35.9 Å². The molecule has 0 amide bonds. The maximum absolute atomic E-state index is 13.1. The lowest BCUT2D eigenvalue weighted by atomic mass is 9.98. The highest BCUT2D eigenvalue weighted by Crippen LogP contribution is 2.34. The maximum Gasteiger partial charge on any atom is 0.394 e. The highest BCUT2D eigenvalue weighted by molar-refractivity contribution is 6.08. The highest BCUT2D eigenvalue weighted by atomic mass is 19.3. The molecule has 1 unspecified atom stereocenters. The van der Waals surface area contributed by atoms with Gasteiger partial charge >= 0.3 is 6.11 Å². The second kappa shape index (κ2) is 8.76. The van der Waals surface area contributed by atoms with E-state index < -0.39 is 43.4 Å². The number of phenols is 1. The summed E-state index contributed by atoms with van der Waals surface area (Å²) in [6.45, 7) is 0.519. The van der Waals surface area contributed by atoms with Gasteiger partial charge in [-0.15, -0.1) is 0 Å².